The third kappa shape index (κ3) is 3.09. The van der Waals surface area contributed by atoms with E-state index in [4.69, 9.17) is 14.3 Å². The van der Waals surface area contributed by atoms with Crippen LogP contribution in [0.4, 0.5) is 0 Å². The lowest BCUT2D eigenvalue weighted by Gasteiger charge is -2.38. The van der Waals surface area contributed by atoms with Gasteiger partial charge in [0.05, 0.1) is 25.0 Å². The van der Waals surface area contributed by atoms with E-state index in [1.54, 1.807) is 60.5 Å². The molecule has 0 fully saturated rings. The molecule has 0 amide bonds. The second kappa shape index (κ2) is 8.70. The summed E-state index contributed by atoms with van der Waals surface area (Å²) in [5.74, 6) is 1.33. The first kappa shape index (κ1) is 24.2. The number of hydrogen-bond donors (Lipinski definition) is 0. The van der Waals surface area contributed by atoms with Crippen molar-refractivity contribution in [3.63, 3.8) is 0 Å². The van der Waals surface area contributed by atoms with E-state index in [1.165, 1.54) is 13.4 Å². The summed E-state index contributed by atoms with van der Waals surface area (Å²) < 4.78 is 54.2. The maximum Gasteiger partial charge on any atom is 0.283 e. The molecule has 0 unspecified atom stereocenters. The number of sulfonamides is 1. The van der Waals surface area contributed by atoms with E-state index in [1.807, 2.05) is 13.8 Å². The van der Waals surface area contributed by atoms with Gasteiger partial charge in [-0.15, -0.1) is 4.40 Å². The second-order valence-corrected chi connectivity index (χ2v) is 11.3. The molecular weight excluding hydrogens is 478 g/mol. The summed E-state index contributed by atoms with van der Waals surface area (Å²) in [7, 11) is -3.34. The first-order valence-electron chi connectivity index (χ1n) is 10.7. The van der Waals surface area contributed by atoms with Crippen molar-refractivity contribution in [2.45, 2.75) is 23.5 Å². The molecule has 0 bridgehead atoms. The van der Waals surface area contributed by atoms with Crippen LogP contribution in [0.1, 0.15) is 25.0 Å². The van der Waals surface area contributed by atoms with Crippen LogP contribution in [0.3, 0.4) is 0 Å². The Hall–Kier alpha value is -2.92. The molecule has 2 aliphatic heterocycles. The van der Waals surface area contributed by atoms with Gasteiger partial charge >= 0.3 is 0 Å². The Bertz CT molecular complexity index is 1270. The normalized spacial score (nSPS) is 25.6. The largest absolute Gasteiger partial charge is 0.497 e. The zero-order valence-corrected chi connectivity index (χ0v) is 21.3. The smallest absolute Gasteiger partial charge is 0.283 e. The molecule has 0 aromatic heterocycles. The lowest BCUT2D eigenvalue weighted by atomic mass is 9.84. The number of hydrogen-bond acceptors (Lipinski definition) is 8. The zero-order chi connectivity index (χ0) is 24.7. The van der Waals surface area contributed by atoms with E-state index in [0.29, 0.717) is 35.7 Å². The van der Waals surface area contributed by atoms with Gasteiger partial charge in [0.1, 0.15) is 17.2 Å². The minimum absolute atomic E-state index is 0.0395. The van der Waals surface area contributed by atoms with E-state index in [0.717, 1.165) is 0 Å². The van der Waals surface area contributed by atoms with Crippen molar-refractivity contribution in [1.29, 1.82) is 0 Å². The molecule has 0 radical (unpaired) electrons. The number of nitrogens with zero attached hydrogens (tertiary/aromatic N) is 3. The van der Waals surface area contributed by atoms with Crippen molar-refractivity contribution < 1.29 is 26.9 Å². The number of benzene rings is 2. The summed E-state index contributed by atoms with van der Waals surface area (Å²) in [5, 5.41) is 4.29. The molecule has 182 valence electrons. The van der Waals surface area contributed by atoms with Gasteiger partial charge in [-0.3, -0.25) is 4.21 Å². The second-order valence-electron chi connectivity index (χ2n) is 7.80. The molecular formula is C23H27N3O6S2. The van der Waals surface area contributed by atoms with E-state index in [2.05, 4.69) is 9.55 Å². The molecule has 2 aromatic carbocycles. The molecule has 3 atom stereocenters. The van der Waals surface area contributed by atoms with Gasteiger partial charge in [0.25, 0.3) is 19.7 Å². The Morgan fingerprint density at radius 2 is 1.50 bits per heavy atom. The average Bonchev–Trinajstić information content (AvgIpc) is 3.31. The Morgan fingerprint density at radius 1 is 0.971 bits per heavy atom. The Labute approximate surface area is 201 Å². The number of ether oxygens (including phenoxy) is 2. The predicted molar refractivity (Wildman–Crippen MR) is 131 cm³/mol. The van der Waals surface area contributed by atoms with Crippen LogP contribution < -0.4 is 9.47 Å². The number of oxime groups is 1. The zero-order valence-electron chi connectivity index (χ0n) is 19.6. The van der Waals surface area contributed by atoms with Gasteiger partial charge in [-0.2, -0.15) is 0 Å². The first-order valence-corrected chi connectivity index (χ1v) is 13.7. The Balaban J connectivity index is 2.05. The van der Waals surface area contributed by atoms with Crippen LogP contribution in [-0.4, -0.2) is 66.7 Å². The topological polar surface area (TPSA) is 107 Å². The SMILES string of the molecule is CCN(CC)C1=NS(=O)(=O)[C@@]2([S@@](C)=O)C(c3ccc(OC)cc3)=NO[C@@]12c1ccc(OC)cc1. The monoisotopic (exact) mass is 505 g/mol. The van der Waals surface area contributed by atoms with Crippen molar-refractivity contribution in [3.8, 4) is 11.5 Å². The molecule has 11 heteroatoms. The maximum absolute atomic E-state index is 13.9. The van der Waals surface area contributed by atoms with Crippen molar-refractivity contribution in [2.75, 3.05) is 33.6 Å². The van der Waals surface area contributed by atoms with Gasteiger partial charge in [-0.25, -0.2) is 8.42 Å². The van der Waals surface area contributed by atoms with Crippen LogP contribution in [0.5, 0.6) is 11.5 Å². The summed E-state index contributed by atoms with van der Waals surface area (Å²) in [4.78, 5) is 7.91. The third-order valence-corrected chi connectivity index (χ3v) is 10.5. The quantitative estimate of drug-likeness (QED) is 0.569. The molecule has 9 nitrogen and oxygen atoms in total. The fourth-order valence-corrected chi connectivity index (χ4v) is 8.60. The standard InChI is InChI=1S/C23H27N3O6S2/c1-6-26(7-2)21-22(17-10-14-19(31-4)15-11-17)23(33(5)27,34(28,29)25-21)20(24-32-22)16-8-12-18(30-3)13-9-16/h8-15H,6-7H2,1-5H3/t22-,23-,33+/m0/s1. The summed E-state index contributed by atoms with van der Waals surface area (Å²) in [5.41, 5.74) is -0.801. The number of likely N-dealkylation sites (N-methyl/N-ethyl adjacent to an activating group) is 1. The molecule has 2 aromatic rings. The number of amidine groups is 1. The lowest BCUT2D eigenvalue weighted by molar-refractivity contribution is 0.0235. The molecule has 4 rings (SSSR count). The highest BCUT2D eigenvalue weighted by atomic mass is 32.3. The molecule has 0 spiro atoms. The van der Waals surface area contributed by atoms with Gasteiger partial charge in [0.2, 0.25) is 0 Å². The van der Waals surface area contributed by atoms with Crippen LogP contribution in [0.25, 0.3) is 0 Å². The van der Waals surface area contributed by atoms with Gasteiger partial charge in [-0.1, -0.05) is 17.3 Å². The van der Waals surface area contributed by atoms with E-state index in [9.17, 15) is 12.6 Å². The minimum atomic E-state index is -4.41. The summed E-state index contributed by atoms with van der Waals surface area (Å²) >= 11 is 0. The van der Waals surface area contributed by atoms with Crippen molar-refractivity contribution in [1.82, 2.24) is 4.90 Å². The van der Waals surface area contributed by atoms with E-state index in [-0.39, 0.29) is 11.5 Å². The summed E-state index contributed by atoms with van der Waals surface area (Å²) in [6.45, 7) is 4.72. The molecule has 2 aliphatic rings. The Kier molecular flexibility index (Phi) is 6.19. The van der Waals surface area contributed by atoms with Gasteiger partial charge in [-0.05, 0) is 50.2 Å². The van der Waals surface area contributed by atoms with E-state index < -0.39 is 30.5 Å². The number of methoxy groups -OCH3 is 2. The lowest BCUT2D eigenvalue weighted by Crippen LogP contribution is -2.63. The number of fused-ring (bicyclic) bond motifs is 1. The average molecular weight is 506 g/mol. The highest BCUT2D eigenvalue weighted by molar-refractivity contribution is 8.08. The minimum Gasteiger partial charge on any atom is -0.497 e. The predicted octanol–water partition coefficient (Wildman–Crippen LogP) is 2.49. The van der Waals surface area contributed by atoms with Gasteiger partial charge in [0, 0.05) is 30.5 Å². The molecule has 2 heterocycles. The first-order chi connectivity index (χ1) is 16.2. The van der Waals surface area contributed by atoms with Crippen molar-refractivity contribution in [3.05, 3.63) is 59.7 Å². The molecule has 0 N–H and O–H groups in total. The Morgan fingerprint density at radius 3 is 1.97 bits per heavy atom. The molecule has 0 aliphatic carbocycles. The number of rotatable bonds is 7. The van der Waals surface area contributed by atoms with Crippen LogP contribution in [0.2, 0.25) is 0 Å². The van der Waals surface area contributed by atoms with E-state index >= 15 is 0 Å². The van der Waals surface area contributed by atoms with Crippen LogP contribution in [-0.2, 0) is 31.3 Å². The highest BCUT2D eigenvalue weighted by Gasteiger charge is 2.80. The third-order valence-electron chi connectivity index (χ3n) is 6.26. The molecule has 0 saturated heterocycles. The summed E-state index contributed by atoms with van der Waals surface area (Å²) in [6, 6.07) is 13.5. The van der Waals surface area contributed by atoms with Crippen molar-refractivity contribution >= 4 is 32.4 Å². The van der Waals surface area contributed by atoms with Crippen molar-refractivity contribution in [2.24, 2.45) is 9.55 Å². The fourth-order valence-electron chi connectivity index (χ4n) is 4.61. The fraction of sp³-hybridized carbons (Fsp3) is 0.391. The highest BCUT2D eigenvalue weighted by Crippen LogP contribution is 2.56. The molecule has 34 heavy (non-hydrogen) atoms. The van der Waals surface area contributed by atoms with Gasteiger partial charge < -0.3 is 19.2 Å². The van der Waals surface area contributed by atoms with Crippen LogP contribution >= 0.6 is 0 Å². The maximum atomic E-state index is 13.9. The summed E-state index contributed by atoms with van der Waals surface area (Å²) in [6.07, 6.45) is 1.35. The van der Waals surface area contributed by atoms with Crippen LogP contribution in [0, 0.1) is 0 Å². The van der Waals surface area contributed by atoms with Gasteiger partial charge in [0.15, 0.2) is 5.84 Å². The van der Waals surface area contributed by atoms with Crippen LogP contribution in [0.15, 0.2) is 58.1 Å². The molecule has 0 saturated carbocycles.